The minimum Gasteiger partial charge on any atom is -0.340 e. The molecule has 13 heteroatoms. The fraction of sp³-hybridized carbons (Fsp3) is 0.240. The molecule has 11 nitrogen and oxygen atoms in total. The summed E-state index contributed by atoms with van der Waals surface area (Å²) in [6, 6.07) is 8.14. The van der Waals surface area contributed by atoms with Crippen molar-refractivity contribution in [1.29, 1.82) is 0 Å². The second-order valence-electron chi connectivity index (χ2n) is 9.18. The van der Waals surface area contributed by atoms with Gasteiger partial charge in [-0.05, 0) is 65.6 Å². The number of halogens is 2. The summed E-state index contributed by atoms with van der Waals surface area (Å²) in [5.41, 5.74) is 3.05. The van der Waals surface area contributed by atoms with Crippen LogP contribution in [0.2, 0.25) is 5.02 Å². The number of carbonyl (C=O) groups excluding carboxylic acids is 2. The molecule has 0 bridgehead atoms. The molecule has 2 aliphatic rings. The monoisotopic (exact) mass is 533 g/mol. The van der Waals surface area contributed by atoms with E-state index in [1.54, 1.807) is 16.8 Å². The Bertz CT molecular complexity index is 1580. The third kappa shape index (κ3) is 4.32. The van der Waals surface area contributed by atoms with E-state index in [9.17, 15) is 14.0 Å². The Labute approximate surface area is 220 Å². The number of H-pyrrole nitrogens is 1. The van der Waals surface area contributed by atoms with Crippen molar-refractivity contribution in [1.82, 2.24) is 40.1 Å². The lowest BCUT2D eigenvalue weighted by atomic mass is 9.92. The zero-order valence-electron chi connectivity index (χ0n) is 20.1. The number of hydrogen-bond donors (Lipinski definition) is 2. The van der Waals surface area contributed by atoms with Gasteiger partial charge in [0.1, 0.15) is 18.0 Å². The highest BCUT2D eigenvalue weighted by atomic mass is 35.5. The van der Waals surface area contributed by atoms with Crippen LogP contribution >= 0.6 is 11.6 Å². The van der Waals surface area contributed by atoms with Gasteiger partial charge in [-0.25, -0.2) is 9.97 Å². The van der Waals surface area contributed by atoms with Gasteiger partial charge in [0.25, 0.3) is 0 Å². The number of pyridine rings is 1. The highest BCUT2D eigenvalue weighted by Crippen LogP contribution is 2.43. The lowest BCUT2D eigenvalue weighted by molar-refractivity contribution is -0.129. The Morgan fingerprint density at radius 1 is 1.21 bits per heavy atom. The zero-order chi connectivity index (χ0) is 26.4. The Morgan fingerprint density at radius 2 is 2.08 bits per heavy atom. The maximum absolute atomic E-state index is 14.7. The van der Waals surface area contributed by atoms with Crippen molar-refractivity contribution < 1.29 is 14.0 Å². The summed E-state index contributed by atoms with van der Waals surface area (Å²) in [6.45, 7) is 1.33. The largest absolute Gasteiger partial charge is 0.340 e. The predicted octanol–water partition coefficient (Wildman–Crippen LogP) is 3.72. The summed E-state index contributed by atoms with van der Waals surface area (Å²) in [5, 5.41) is 14.4. The molecular formula is C25H21ClFN9O2. The van der Waals surface area contributed by atoms with E-state index in [1.807, 2.05) is 17.0 Å². The number of imidazole rings is 1. The van der Waals surface area contributed by atoms with Gasteiger partial charge in [-0.15, -0.1) is 5.10 Å². The summed E-state index contributed by atoms with van der Waals surface area (Å²) in [4.78, 5) is 37.9. The third-order valence-corrected chi connectivity index (χ3v) is 7.00. The van der Waals surface area contributed by atoms with Gasteiger partial charge < -0.3 is 15.2 Å². The Hall–Kier alpha value is -4.45. The maximum atomic E-state index is 14.7. The van der Waals surface area contributed by atoms with Gasteiger partial charge in [0.05, 0.1) is 29.2 Å². The predicted molar refractivity (Wildman–Crippen MR) is 135 cm³/mol. The number of benzene rings is 1. The van der Waals surface area contributed by atoms with E-state index in [2.05, 4.69) is 35.8 Å². The fourth-order valence-corrected chi connectivity index (χ4v) is 5.35. The average molecular weight is 534 g/mol. The standard InChI is InChI=1S/C25H21ClFN9O2/c1-13(37)30-22-7-4-17(24(27)32-22)19-11-28-25(31-19)21-6-3-16-8-14(9-23(38)36(16)21)18-10-15(26)2-5-20(18)35-12-29-33-34-35/h2,4-5,7,9-12,16,21H,3,6,8H2,1H3,(H,28,31)(H,30,32,37)/t16?,21-/m0/s1. The summed E-state index contributed by atoms with van der Waals surface area (Å²) >= 11 is 6.30. The van der Waals surface area contributed by atoms with Crippen molar-refractivity contribution in [2.45, 2.75) is 38.3 Å². The Kier molecular flexibility index (Phi) is 5.95. The van der Waals surface area contributed by atoms with Crippen LogP contribution in [0.25, 0.3) is 22.5 Å². The zero-order valence-corrected chi connectivity index (χ0v) is 20.9. The SMILES string of the molecule is CC(=O)Nc1ccc(-c2cnc([C@@H]3CCC4CC(c5cc(Cl)ccc5-n5cnnn5)=CC(=O)N43)[nH]2)c(F)n1. The van der Waals surface area contributed by atoms with Crippen LogP contribution in [-0.4, -0.2) is 57.9 Å². The van der Waals surface area contributed by atoms with E-state index in [0.717, 1.165) is 23.2 Å². The second kappa shape index (κ2) is 9.45. The maximum Gasteiger partial charge on any atom is 0.247 e. The van der Waals surface area contributed by atoms with Crippen molar-refractivity contribution in [2.24, 2.45) is 0 Å². The highest BCUT2D eigenvalue weighted by molar-refractivity contribution is 6.30. The molecule has 0 saturated carbocycles. The summed E-state index contributed by atoms with van der Waals surface area (Å²) in [7, 11) is 0. The topological polar surface area (TPSA) is 135 Å². The van der Waals surface area contributed by atoms with Crippen molar-refractivity contribution in [3.8, 4) is 16.9 Å². The first kappa shape index (κ1) is 23.9. The van der Waals surface area contributed by atoms with Gasteiger partial charge in [0.15, 0.2) is 0 Å². The minimum atomic E-state index is -0.739. The molecule has 6 rings (SSSR count). The van der Waals surface area contributed by atoms with Gasteiger partial charge in [0.2, 0.25) is 17.8 Å². The molecule has 2 aliphatic heterocycles. The van der Waals surface area contributed by atoms with E-state index >= 15 is 0 Å². The van der Waals surface area contributed by atoms with E-state index in [-0.39, 0.29) is 35.3 Å². The Morgan fingerprint density at radius 3 is 2.84 bits per heavy atom. The van der Waals surface area contributed by atoms with Crippen LogP contribution < -0.4 is 5.32 Å². The number of nitrogens with zero attached hydrogens (tertiary/aromatic N) is 7. The first-order chi connectivity index (χ1) is 18.4. The number of rotatable bonds is 5. The first-order valence-corrected chi connectivity index (χ1v) is 12.3. The van der Waals surface area contributed by atoms with Gasteiger partial charge in [-0.1, -0.05) is 11.6 Å². The van der Waals surface area contributed by atoms with E-state index in [4.69, 9.17) is 11.6 Å². The molecule has 2 N–H and O–H groups in total. The molecule has 5 heterocycles. The summed E-state index contributed by atoms with van der Waals surface area (Å²) < 4.78 is 16.2. The average Bonchev–Trinajstić information content (AvgIpc) is 3.64. The van der Waals surface area contributed by atoms with E-state index < -0.39 is 5.95 Å². The van der Waals surface area contributed by atoms with E-state index in [1.165, 1.54) is 31.6 Å². The lowest BCUT2D eigenvalue weighted by Gasteiger charge is -2.33. The molecule has 192 valence electrons. The number of tetrazole rings is 1. The highest BCUT2D eigenvalue weighted by Gasteiger charge is 2.41. The molecule has 2 amide bonds. The van der Waals surface area contributed by atoms with Gasteiger partial charge in [0, 0.05) is 29.6 Å². The number of carbonyl (C=O) groups is 2. The number of nitrogens with one attached hydrogen (secondary N) is 2. The van der Waals surface area contributed by atoms with Crippen molar-refractivity contribution in [3.05, 3.63) is 71.3 Å². The van der Waals surface area contributed by atoms with Crippen LogP contribution in [0.1, 0.15) is 43.6 Å². The molecule has 0 radical (unpaired) electrons. The number of hydrogen-bond acceptors (Lipinski definition) is 7. The Balaban J connectivity index is 1.27. The number of aromatic amines is 1. The molecule has 3 aromatic heterocycles. The van der Waals surface area contributed by atoms with Crippen LogP contribution in [0.5, 0.6) is 0 Å². The smallest absolute Gasteiger partial charge is 0.247 e. The quantitative estimate of drug-likeness (QED) is 0.373. The van der Waals surface area contributed by atoms with Crippen molar-refractivity contribution >= 4 is 34.8 Å². The first-order valence-electron chi connectivity index (χ1n) is 11.9. The van der Waals surface area contributed by atoms with Crippen LogP contribution in [0.15, 0.2) is 48.9 Å². The van der Waals surface area contributed by atoms with Crippen LogP contribution in [0.3, 0.4) is 0 Å². The molecule has 1 saturated heterocycles. The molecule has 1 aromatic carbocycles. The van der Waals surface area contributed by atoms with Crippen LogP contribution in [0.4, 0.5) is 10.2 Å². The second-order valence-corrected chi connectivity index (χ2v) is 9.62. The molecular weight excluding hydrogens is 513 g/mol. The summed E-state index contributed by atoms with van der Waals surface area (Å²) in [6.07, 6.45) is 6.78. The van der Waals surface area contributed by atoms with Crippen molar-refractivity contribution in [2.75, 3.05) is 5.32 Å². The van der Waals surface area contributed by atoms with Gasteiger partial charge in [-0.3, -0.25) is 9.59 Å². The van der Waals surface area contributed by atoms with Gasteiger partial charge in [-0.2, -0.15) is 9.07 Å². The van der Waals surface area contributed by atoms with Crippen LogP contribution in [-0.2, 0) is 9.59 Å². The lowest BCUT2D eigenvalue weighted by Crippen LogP contribution is -2.39. The van der Waals surface area contributed by atoms with Gasteiger partial charge >= 0.3 is 0 Å². The number of amides is 2. The summed E-state index contributed by atoms with van der Waals surface area (Å²) in [5.74, 6) is -0.504. The number of fused-ring (bicyclic) bond motifs is 1. The van der Waals surface area contributed by atoms with E-state index in [0.29, 0.717) is 29.4 Å². The fourth-order valence-electron chi connectivity index (χ4n) is 5.17. The molecule has 0 aliphatic carbocycles. The molecule has 1 fully saturated rings. The number of aromatic nitrogens is 7. The normalized spacial score (nSPS) is 18.9. The molecule has 1 unspecified atom stereocenters. The molecule has 0 spiro atoms. The molecule has 4 aromatic rings. The molecule has 2 atom stereocenters. The van der Waals surface area contributed by atoms with Crippen LogP contribution in [0, 0.1) is 5.95 Å². The third-order valence-electron chi connectivity index (χ3n) is 6.76. The van der Waals surface area contributed by atoms with Crippen molar-refractivity contribution in [3.63, 3.8) is 0 Å². The molecule has 38 heavy (non-hydrogen) atoms. The number of anilines is 1. The minimum absolute atomic E-state index is 0.0305.